The van der Waals surface area contributed by atoms with Crippen molar-refractivity contribution in [3.8, 4) is 0 Å². The lowest BCUT2D eigenvalue weighted by Gasteiger charge is -2.18. The number of rotatable bonds is 5. The fourth-order valence-electron chi connectivity index (χ4n) is 1.65. The van der Waals surface area contributed by atoms with Gasteiger partial charge >= 0.3 is 0 Å². The molecule has 1 aromatic rings. The molecule has 1 aromatic carbocycles. The van der Waals surface area contributed by atoms with E-state index in [1.54, 1.807) is 0 Å². The summed E-state index contributed by atoms with van der Waals surface area (Å²) in [5, 5.41) is 0.268. The smallest absolute Gasteiger partial charge is 0.0557 e. The monoisotopic (exact) mass is 268 g/mol. The maximum atomic E-state index is 12.3. The molecule has 0 N–H and O–H groups in total. The summed E-state index contributed by atoms with van der Waals surface area (Å²) >= 11 is 0. The van der Waals surface area contributed by atoms with Crippen LogP contribution in [0.3, 0.4) is 0 Å². The number of benzene rings is 1. The molecule has 0 saturated heterocycles. The Morgan fingerprint density at radius 3 is 2.18 bits per heavy atom. The minimum absolute atomic E-state index is 0.268. The van der Waals surface area contributed by atoms with Gasteiger partial charge in [-0.2, -0.15) is 0 Å². The van der Waals surface area contributed by atoms with Gasteiger partial charge in [0.05, 0.1) is 10.8 Å². The third-order valence-corrected chi connectivity index (χ3v) is 6.41. The van der Waals surface area contributed by atoms with Gasteiger partial charge in [-0.25, -0.2) is 0 Å². The first-order valence-electron chi connectivity index (χ1n) is 6.27. The summed E-state index contributed by atoms with van der Waals surface area (Å²) in [6, 6.07) is 9.33. The first-order chi connectivity index (χ1) is 7.79. The fourth-order valence-corrected chi connectivity index (χ4v) is 4.36. The Morgan fingerprint density at radius 2 is 1.71 bits per heavy atom. The van der Waals surface area contributed by atoms with E-state index < -0.39 is 18.9 Å². The molecule has 0 heterocycles. The summed E-state index contributed by atoms with van der Waals surface area (Å²) < 4.78 is 12.3. The molecule has 0 amide bonds. The minimum atomic E-state index is -1.01. The molecule has 96 valence electrons. The summed E-state index contributed by atoms with van der Waals surface area (Å²) in [6.45, 7) is 11.3. The second kappa shape index (κ2) is 5.96. The molecule has 0 aliphatic rings. The van der Waals surface area contributed by atoms with Crippen molar-refractivity contribution in [2.24, 2.45) is 0 Å². The molecule has 0 saturated carbocycles. The van der Waals surface area contributed by atoms with Crippen LogP contribution in [0, 0.1) is 6.92 Å². The van der Waals surface area contributed by atoms with E-state index in [2.05, 4.69) is 33.5 Å². The molecule has 0 radical (unpaired) electrons. The molecule has 1 nitrogen and oxygen atoms in total. The first-order valence-corrected chi connectivity index (χ1v) is 11.2. The Balaban J connectivity index is 2.61. The predicted molar refractivity (Wildman–Crippen MR) is 79.8 cm³/mol. The van der Waals surface area contributed by atoms with Gasteiger partial charge in [0.25, 0.3) is 0 Å². The van der Waals surface area contributed by atoms with Gasteiger partial charge in [-0.1, -0.05) is 50.3 Å². The zero-order chi connectivity index (χ0) is 13.1. The van der Waals surface area contributed by atoms with Crippen LogP contribution in [0.15, 0.2) is 29.2 Å². The van der Waals surface area contributed by atoms with Crippen molar-refractivity contribution in [2.45, 2.75) is 56.1 Å². The average molecular weight is 268 g/mol. The third kappa shape index (κ3) is 5.17. The molecule has 0 aromatic heterocycles. The maximum absolute atomic E-state index is 12.3. The highest BCUT2D eigenvalue weighted by Crippen LogP contribution is 2.19. The Labute approximate surface area is 109 Å². The van der Waals surface area contributed by atoms with Crippen LogP contribution in [-0.4, -0.2) is 17.5 Å². The topological polar surface area (TPSA) is 17.1 Å². The van der Waals surface area contributed by atoms with Gasteiger partial charge in [-0.15, -0.1) is 0 Å². The molecule has 0 spiro atoms. The lowest BCUT2D eigenvalue weighted by molar-refractivity contribution is 0.669. The predicted octanol–water partition coefficient (Wildman–Crippen LogP) is 4.22. The van der Waals surface area contributed by atoms with E-state index >= 15 is 0 Å². The number of hydrogen-bond acceptors (Lipinski definition) is 1. The van der Waals surface area contributed by atoms with Crippen molar-refractivity contribution in [1.82, 2.24) is 0 Å². The van der Waals surface area contributed by atoms with Crippen LogP contribution in [0.5, 0.6) is 0 Å². The van der Waals surface area contributed by atoms with Crippen molar-refractivity contribution in [3.05, 3.63) is 29.8 Å². The molecule has 0 aliphatic carbocycles. The van der Waals surface area contributed by atoms with Gasteiger partial charge < -0.3 is 0 Å². The normalized spacial score (nSPS) is 15.6. The third-order valence-electron chi connectivity index (χ3n) is 2.92. The molecule has 0 bridgehead atoms. The van der Waals surface area contributed by atoms with E-state index in [0.29, 0.717) is 0 Å². The molecule has 0 aliphatic heterocycles. The quantitative estimate of drug-likeness (QED) is 0.731. The number of hydrogen-bond donors (Lipinski definition) is 0. The molecular formula is C14H24OSSi. The van der Waals surface area contributed by atoms with E-state index in [-0.39, 0.29) is 5.25 Å². The lowest BCUT2D eigenvalue weighted by Crippen LogP contribution is -2.22. The van der Waals surface area contributed by atoms with Gasteiger partial charge in [0.2, 0.25) is 0 Å². The Bertz CT molecular complexity index is 378. The summed E-state index contributed by atoms with van der Waals surface area (Å²) in [5.74, 6) is 0. The minimum Gasteiger partial charge on any atom is -0.254 e. The number of aryl methyl sites for hydroxylation is 1. The Kier molecular flexibility index (Phi) is 5.14. The van der Waals surface area contributed by atoms with Gasteiger partial charge in [0.15, 0.2) is 0 Å². The molecule has 1 unspecified atom stereocenters. The molecular weight excluding hydrogens is 244 g/mol. The van der Waals surface area contributed by atoms with E-state index in [9.17, 15) is 4.21 Å². The Morgan fingerprint density at radius 1 is 1.18 bits per heavy atom. The van der Waals surface area contributed by atoms with Crippen molar-refractivity contribution < 1.29 is 4.21 Å². The second-order valence-corrected chi connectivity index (χ2v) is 13.5. The summed E-state index contributed by atoms with van der Waals surface area (Å²) in [4.78, 5) is 0.971. The zero-order valence-electron chi connectivity index (χ0n) is 11.6. The van der Waals surface area contributed by atoms with E-state index in [1.165, 1.54) is 11.6 Å². The largest absolute Gasteiger partial charge is 0.254 e. The van der Waals surface area contributed by atoms with Crippen molar-refractivity contribution in [3.63, 3.8) is 0 Å². The van der Waals surface area contributed by atoms with Crippen LogP contribution in [0.2, 0.25) is 25.7 Å². The summed E-state index contributed by atoms with van der Waals surface area (Å²) in [6.07, 6.45) is 1.08. The van der Waals surface area contributed by atoms with Crippen LogP contribution < -0.4 is 0 Å². The Hall–Kier alpha value is -0.413. The van der Waals surface area contributed by atoms with Crippen LogP contribution in [0.4, 0.5) is 0 Å². The summed E-state index contributed by atoms with van der Waals surface area (Å²) in [7, 11) is -1.86. The first kappa shape index (κ1) is 14.6. The molecule has 0 fully saturated rings. The van der Waals surface area contributed by atoms with E-state index in [1.807, 2.05) is 24.3 Å². The maximum Gasteiger partial charge on any atom is 0.0557 e. The van der Waals surface area contributed by atoms with Gasteiger partial charge in [0.1, 0.15) is 0 Å². The second-order valence-electron chi connectivity index (χ2n) is 6.02. The van der Waals surface area contributed by atoms with Crippen molar-refractivity contribution >= 4 is 18.9 Å². The summed E-state index contributed by atoms with van der Waals surface area (Å²) in [5.41, 5.74) is 1.22. The highest BCUT2D eigenvalue weighted by atomic mass is 32.2. The van der Waals surface area contributed by atoms with Crippen LogP contribution >= 0.6 is 0 Å². The van der Waals surface area contributed by atoms with Crippen LogP contribution in [0.25, 0.3) is 0 Å². The van der Waals surface area contributed by atoms with Gasteiger partial charge in [0, 0.05) is 18.2 Å². The van der Waals surface area contributed by atoms with E-state index in [0.717, 1.165) is 11.3 Å². The van der Waals surface area contributed by atoms with Crippen LogP contribution in [0.1, 0.15) is 18.9 Å². The van der Waals surface area contributed by atoms with Crippen LogP contribution in [-0.2, 0) is 10.8 Å². The average Bonchev–Trinajstić information content (AvgIpc) is 2.25. The van der Waals surface area contributed by atoms with Gasteiger partial charge in [-0.3, -0.25) is 4.21 Å². The lowest BCUT2D eigenvalue weighted by atomic mass is 10.2. The highest BCUT2D eigenvalue weighted by Gasteiger charge is 2.18. The van der Waals surface area contributed by atoms with Crippen molar-refractivity contribution in [1.29, 1.82) is 0 Å². The zero-order valence-corrected chi connectivity index (χ0v) is 13.4. The highest BCUT2D eigenvalue weighted by molar-refractivity contribution is 7.85. The van der Waals surface area contributed by atoms with E-state index in [4.69, 9.17) is 0 Å². The van der Waals surface area contributed by atoms with Gasteiger partial charge in [-0.05, 0) is 25.5 Å². The molecule has 3 heteroatoms. The fraction of sp³-hybridized carbons (Fsp3) is 0.571. The molecule has 2 atom stereocenters. The molecule has 17 heavy (non-hydrogen) atoms. The van der Waals surface area contributed by atoms with Crippen molar-refractivity contribution in [2.75, 3.05) is 0 Å². The molecule has 1 rings (SSSR count). The standard InChI is InChI=1S/C14H24OSSi/c1-12-6-8-14(9-7-12)16(15)13(2)10-11-17(3,4)5/h6-9,13H,10-11H2,1-5H3/t13-,16?/m0/s1. The SMILES string of the molecule is Cc1ccc(S(=O)[C@@H](C)CC[Si](C)(C)C)cc1.